The van der Waals surface area contributed by atoms with Crippen molar-refractivity contribution in [3.8, 4) is 0 Å². The third-order valence-corrected chi connectivity index (χ3v) is 4.41. The molecule has 1 aliphatic rings. The zero-order valence-corrected chi connectivity index (χ0v) is 12.8. The molecule has 0 radical (unpaired) electrons. The van der Waals surface area contributed by atoms with E-state index in [9.17, 15) is 4.79 Å². The zero-order valence-electron chi connectivity index (χ0n) is 12.8. The third-order valence-electron chi connectivity index (χ3n) is 4.41. The van der Waals surface area contributed by atoms with Crippen LogP contribution in [-0.2, 0) is 4.79 Å². The Morgan fingerprint density at radius 3 is 2.00 bits per heavy atom. The molecule has 0 spiro atoms. The van der Waals surface area contributed by atoms with Gasteiger partial charge in [0.1, 0.15) is 0 Å². The SMILES string of the molecule is C[C@@H]1CNC[C@H]1C(=O)NC(c1ccccc1)c1ccccc1. The lowest BCUT2D eigenvalue weighted by Gasteiger charge is -2.23. The van der Waals surface area contributed by atoms with Gasteiger partial charge in [0.2, 0.25) is 5.91 Å². The first-order valence-corrected chi connectivity index (χ1v) is 7.86. The Bertz CT molecular complexity index is 572. The minimum absolute atomic E-state index is 0.0509. The van der Waals surface area contributed by atoms with E-state index in [4.69, 9.17) is 0 Å². The van der Waals surface area contributed by atoms with Gasteiger partial charge in [-0.25, -0.2) is 0 Å². The van der Waals surface area contributed by atoms with E-state index in [2.05, 4.69) is 41.8 Å². The van der Waals surface area contributed by atoms with E-state index in [0.717, 1.165) is 24.2 Å². The smallest absolute Gasteiger partial charge is 0.225 e. The Labute approximate surface area is 131 Å². The van der Waals surface area contributed by atoms with Crippen molar-refractivity contribution in [2.75, 3.05) is 13.1 Å². The fourth-order valence-electron chi connectivity index (χ4n) is 3.06. The van der Waals surface area contributed by atoms with Gasteiger partial charge in [0.15, 0.2) is 0 Å². The summed E-state index contributed by atoms with van der Waals surface area (Å²) >= 11 is 0. The summed E-state index contributed by atoms with van der Waals surface area (Å²) in [7, 11) is 0. The second-order valence-corrected chi connectivity index (χ2v) is 6.00. The van der Waals surface area contributed by atoms with Crippen LogP contribution in [0, 0.1) is 11.8 Å². The molecule has 0 saturated carbocycles. The van der Waals surface area contributed by atoms with Crippen molar-refractivity contribution in [3.05, 3.63) is 71.8 Å². The standard InChI is InChI=1S/C19H22N2O/c1-14-12-20-13-17(14)19(22)21-18(15-8-4-2-5-9-15)16-10-6-3-7-11-16/h2-11,14,17-18,20H,12-13H2,1H3,(H,21,22)/t14-,17-/m1/s1. The molecular formula is C19H22N2O. The molecule has 0 unspecified atom stereocenters. The van der Waals surface area contributed by atoms with Gasteiger partial charge in [-0.1, -0.05) is 67.6 Å². The van der Waals surface area contributed by atoms with Crippen molar-refractivity contribution < 1.29 is 4.79 Å². The minimum atomic E-state index is -0.0947. The molecule has 1 heterocycles. The topological polar surface area (TPSA) is 41.1 Å². The summed E-state index contributed by atoms with van der Waals surface area (Å²) in [6.07, 6.45) is 0. The maximum absolute atomic E-state index is 12.7. The summed E-state index contributed by atoms with van der Waals surface area (Å²) in [5.41, 5.74) is 2.22. The molecule has 3 heteroatoms. The summed E-state index contributed by atoms with van der Waals surface area (Å²) in [5, 5.41) is 6.54. The molecule has 1 aliphatic heterocycles. The van der Waals surface area contributed by atoms with Crippen LogP contribution in [0.3, 0.4) is 0 Å². The van der Waals surface area contributed by atoms with E-state index >= 15 is 0 Å². The Kier molecular flexibility index (Phi) is 4.54. The van der Waals surface area contributed by atoms with Crippen LogP contribution >= 0.6 is 0 Å². The third kappa shape index (κ3) is 3.20. The van der Waals surface area contributed by atoms with Gasteiger partial charge in [-0.3, -0.25) is 4.79 Å². The van der Waals surface area contributed by atoms with Crippen LogP contribution in [0.1, 0.15) is 24.1 Å². The van der Waals surface area contributed by atoms with Crippen molar-refractivity contribution in [2.24, 2.45) is 11.8 Å². The molecule has 2 aromatic rings. The Morgan fingerprint density at radius 1 is 1.00 bits per heavy atom. The molecule has 0 aromatic heterocycles. The highest BCUT2D eigenvalue weighted by atomic mass is 16.2. The van der Waals surface area contributed by atoms with Crippen molar-refractivity contribution in [2.45, 2.75) is 13.0 Å². The highest BCUT2D eigenvalue weighted by molar-refractivity contribution is 5.80. The summed E-state index contributed by atoms with van der Waals surface area (Å²) < 4.78 is 0. The number of amides is 1. The molecule has 2 atom stereocenters. The molecule has 1 amide bonds. The first-order chi connectivity index (χ1) is 10.8. The van der Waals surface area contributed by atoms with Crippen LogP contribution in [0.15, 0.2) is 60.7 Å². The number of rotatable bonds is 4. The molecule has 1 saturated heterocycles. The number of nitrogens with one attached hydrogen (secondary N) is 2. The summed E-state index contributed by atoms with van der Waals surface area (Å²) in [6.45, 7) is 3.81. The largest absolute Gasteiger partial charge is 0.345 e. The highest BCUT2D eigenvalue weighted by Crippen LogP contribution is 2.24. The lowest BCUT2D eigenvalue weighted by molar-refractivity contribution is -0.125. The normalized spacial score (nSPS) is 21.0. The van der Waals surface area contributed by atoms with Gasteiger partial charge in [0, 0.05) is 6.54 Å². The second kappa shape index (κ2) is 6.75. The molecule has 0 bridgehead atoms. The summed E-state index contributed by atoms with van der Waals surface area (Å²) in [5.74, 6) is 0.567. The van der Waals surface area contributed by atoms with Crippen LogP contribution < -0.4 is 10.6 Å². The van der Waals surface area contributed by atoms with Crippen LogP contribution in [-0.4, -0.2) is 19.0 Å². The number of carbonyl (C=O) groups is 1. The van der Waals surface area contributed by atoms with Crippen LogP contribution in [0.5, 0.6) is 0 Å². The summed E-state index contributed by atoms with van der Waals surface area (Å²) in [6, 6.07) is 20.2. The van der Waals surface area contributed by atoms with Crippen LogP contribution in [0.25, 0.3) is 0 Å². The Morgan fingerprint density at radius 2 is 1.55 bits per heavy atom. The molecule has 22 heavy (non-hydrogen) atoms. The van der Waals surface area contributed by atoms with Gasteiger partial charge in [-0.05, 0) is 23.6 Å². The van der Waals surface area contributed by atoms with Gasteiger partial charge in [-0.15, -0.1) is 0 Å². The van der Waals surface area contributed by atoms with E-state index in [1.54, 1.807) is 0 Å². The highest BCUT2D eigenvalue weighted by Gasteiger charge is 2.31. The number of benzene rings is 2. The van der Waals surface area contributed by atoms with E-state index in [0.29, 0.717) is 5.92 Å². The average molecular weight is 294 g/mol. The van der Waals surface area contributed by atoms with Crippen molar-refractivity contribution in [1.82, 2.24) is 10.6 Å². The van der Waals surface area contributed by atoms with Crippen molar-refractivity contribution >= 4 is 5.91 Å². The summed E-state index contributed by atoms with van der Waals surface area (Å²) in [4.78, 5) is 12.7. The van der Waals surface area contributed by atoms with Gasteiger partial charge >= 0.3 is 0 Å². The fourth-order valence-corrected chi connectivity index (χ4v) is 3.06. The first kappa shape index (κ1) is 14.8. The second-order valence-electron chi connectivity index (χ2n) is 6.00. The number of hydrogen-bond acceptors (Lipinski definition) is 2. The zero-order chi connectivity index (χ0) is 15.4. The van der Waals surface area contributed by atoms with Crippen LogP contribution in [0.4, 0.5) is 0 Å². The minimum Gasteiger partial charge on any atom is -0.345 e. The van der Waals surface area contributed by atoms with E-state index in [1.807, 2.05) is 36.4 Å². The van der Waals surface area contributed by atoms with E-state index in [-0.39, 0.29) is 17.9 Å². The monoisotopic (exact) mass is 294 g/mol. The van der Waals surface area contributed by atoms with Crippen molar-refractivity contribution in [1.29, 1.82) is 0 Å². The molecule has 1 fully saturated rings. The van der Waals surface area contributed by atoms with Gasteiger partial charge in [-0.2, -0.15) is 0 Å². The Hall–Kier alpha value is -2.13. The molecule has 3 rings (SSSR count). The lowest BCUT2D eigenvalue weighted by Crippen LogP contribution is -2.37. The van der Waals surface area contributed by atoms with Gasteiger partial charge in [0.05, 0.1) is 12.0 Å². The number of carbonyl (C=O) groups excluding carboxylic acids is 1. The van der Waals surface area contributed by atoms with E-state index < -0.39 is 0 Å². The maximum atomic E-state index is 12.7. The van der Waals surface area contributed by atoms with Crippen LogP contribution in [0.2, 0.25) is 0 Å². The van der Waals surface area contributed by atoms with Crippen molar-refractivity contribution in [3.63, 3.8) is 0 Å². The molecular weight excluding hydrogens is 272 g/mol. The molecule has 0 aliphatic carbocycles. The number of hydrogen-bond donors (Lipinski definition) is 2. The van der Waals surface area contributed by atoms with Gasteiger partial charge in [0.25, 0.3) is 0 Å². The van der Waals surface area contributed by atoms with Gasteiger partial charge < -0.3 is 10.6 Å². The quantitative estimate of drug-likeness (QED) is 0.910. The molecule has 2 aromatic carbocycles. The predicted molar refractivity (Wildman–Crippen MR) is 88.4 cm³/mol. The molecule has 3 nitrogen and oxygen atoms in total. The lowest BCUT2D eigenvalue weighted by atomic mass is 9.94. The molecule has 114 valence electrons. The average Bonchev–Trinajstić information content (AvgIpc) is 3.00. The fraction of sp³-hybridized carbons (Fsp3) is 0.316. The maximum Gasteiger partial charge on any atom is 0.225 e. The Balaban J connectivity index is 1.85. The van der Waals surface area contributed by atoms with E-state index in [1.165, 1.54) is 0 Å². The molecule has 2 N–H and O–H groups in total. The first-order valence-electron chi connectivity index (χ1n) is 7.86. The predicted octanol–water partition coefficient (Wildman–Crippen LogP) is 2.75.